The summed E-state index contributed by atoms with van der Waals surface area (Å²) in [5.41, 5.74) is 4.62. The maximum absolute atomic E-state index is 11.8. The average molecular weight is 572 g/mol. The van der Waals surface area contributed by atoms with Gasteiger partial charge in [0.05, 0.1) is 15.5 Å². The minimum absolute atomic E-state index is 0. The number of phenols is 1. The predicted octanol–water partition coefficient (Wildman–Crippen LogP) is 1.14. The second-order valence-electron chi connectivity index (χ2n) is 6.30. The van der Waals surface area contributed by atoms with Crippen molar-refractivity contribution in [2.75, 3.05) is 5.73 Å². The molecule has 0 fully saturated rings. The first-order valence-electron chi connectivity index (χ1n) is 8.12. The Kier molecular flexibility index (Phi) is 12.5. The first kappa shape index (κ1) is 34.9. The van der Waals surface area contributed by atoms with Crippen molar-refractivity contribution in [3.8, 4) is 5.75 Å². The molecule has 0 heterocycles. The van der Waals surface area contributed by atoms with Gasteiger partial charge in [-0.15, -0.1) is 5.11 Å². The number of nitrogens with two attached hydrogens (primary N) is 1. The maximum atomic E-state index is 11.8. The van der Waals surface area contributed by atoms with Crippen LogP contribution in [0.1, 0.15) is 0 Å². The fourth-order valence-corrected chi connectivity index (χ4v) is 4.42. The summed E-state index contributed by atoms with van der Waals surface area (Å²) in [6.07, 6.45) is 0. The van der Waals surface area contributed by atoms with Crippen molar-refractivity contribution in [2.45, 2.75) is 14.7 Å². The van der Waals surface area contributed by atoms with E-state index in [4.69, 9.17) is 10.3 Å². The van der Waals surface area contributed by atoms with E-state index in [1.54, 1.807) is 0 Å². The van der Waals surface area contributed by atoms with Crippen LogP contribution in [0.15, 0.2) is 67.4 Å². The van der Waals surface area contributed by atoms with Crippen LogP contribution in [0.25, 0.3) is 10.8 Å². The Morgan fingerprint density at radius 2 is 1.20 bits per heavy atom. The molecular formula is C16H13N3Na3O10S3. The first-order valence-corrected chi connectivity index (χ1v) is 12.4. The van der Waals surface area contributed by atoms with E-state index in [1.165, 1.54) is 0 Å². The molecule has 0 atom stereocenters. The van der Waals surface area contributed by atoms with Gasteiger partial charge in [0.2, 0.25) is 0 Å². The fraction of sp³-hybridized carbons (Fsp3) is 0. The Bertz CT molecular complexity index is 1610. The van der Waals surface area contributed by atoms with Gasteiger partial charge in [0.25, 0.3) is 30.4 Å². The van der Waals surface area contributed by atoms with Gasteiger partial charge in [-0.1, -0.05) is 0 Å². The molecule has 0 bridgehead atoms. The molecule has 0 saturated heterocycles. The first-order chi connectivity index (χ1) is 14.6. The number of hydrogen-bond donors (Lipinski definition) is 5. The van der Waals surface area contributed by atoms with Crippen LogP contribution in [-0.4, -0.2) is 133 Å². The molecule has 3 aromatic rings. The Morgan fingerprint density at radius 1 is 0.686 bits per heavy atom. The summed E-state index contributed by atoms with van der Waals surface area (Å²) in [4.78, 5) is -2.07. The van der Waals surface area contributed by atoms with Gasteiger partial charge in [-0.3, -0.25) is 13.7 Å². The number of azo groups is 1. The van der Waals surface area contributed by atoms with Crippen LogP contribution in [0.3, 0.4) is 0 Å². The summed E-state index contributed by atoms with van der Waals surface area (Å²) in [6, 6.07) is 6.62. The van der Waals surface area contributed by atoms with E-state index >= 15 is 0 Å². The van der Waals surface area contributed by atoms with Gasteiger partial charge < -0.3 is 10.8 Å². The molecule has 0 aliphatic rings. The fourth-order valence-electron chi connectivity index (χ4n) is 2.73. The van der Waals surface area contributed by atoms with Gasteiger partial charge >= 0.3 is 0 Å². The maximum Gasteiger partial charge on any atom is 0.296 e. The van der Waals surface area contributed by atoms with Crippen LogP contribution >= 0.6 is 0 Å². The predicted molar refractivity (Wildman–Crippen MR) is 127 cm³/mol. The van der Waals surface area contributed by atoms with Gasteiger partial charge in [0, 0.05) is 99.7 Å². The number of rotatable bonds is 5. The number of benzene rings is 3. The summed E-state index contributed by atoms with van der Waals surface area (Å²) >= 11 is 0. The van der Waals surface area contributed by atoms with Crippen LogP contribution in [0, 0.1) is 0 Å². The average Bonchev–Trinajstić information content (AvgIpc) is 2.64. The van der Waals surface area contributed by atoms with Crippen molar-refractivity contribution >= 4 is 147 Å². The number of nitrogens with zero attached hydrogens (tertiary/aromatic N) is 2. The molecule has 13 nitrogen and oxygen atoms in total. The molecular weight excluding hydrogens is 559 g/mol. The normalized spacial score (nSPS) is 12.0. The van der Waals surface area contributed by atoms with Crippen molar-refractivity contribution in [1.29, 1.82) is 0 Å². The van der Waals surface area contributed by atoms with Crippen molar-refractivity contribution in [3.63, 3.8) is 0 Å². The molecule has 3 radical (unpaired) electrons. The van der Waals surface area contributed by atoms with E-state index in [2.05, 4.69) is 10.2 Å². The monoisotopic (exact) mass is 572 g/mol. The Hall–Kier alpha value is -0.150. The minimum atomic E-state index is -5.02. The topological polar surface area (TPSA) is 234 Å². The smallest absolute Gasteiger partial charge is 0.296 e. The molecule has 0 aliphatic carbocycles. The third-order valence-electron chi connectivity index (χ3n) is 4.13. The van der Waals surface area contributed by atoms with Gasteiger partial charge in [0.15, 0.2) is 5.75 Å². The minimum Gasteiger partial charge on any atom is -0.505 e. The molecule has 35 heavy (non-hydrogen) atoms. The van der Waals surface area contributed by atoms with E-state index in [1.807, 2.05) is 0 Å². The number of anilines is 1. The molecule has 0 spiro atoms. The summed E-state index contributed by atoms with van der Waals surface area (Å²) in [6.45, 7) is 0. The molecule has 0 aromatic heterocycles. The second-order valence-corrected chi connectivity index (χ2v) is 10.5. The van der Waals surface area contributed by atoms with Crippen LogP contribution in [0.4, 0.5) is 17.1 Å². The van der Waals surface area contributed by atoms with Crippen molar-refractivity contribution in [3.05, 3.63) is 42.5 Å². The Labute approximate surface area is 266 Å². The molecule has 19 heteroatoms. The van der Waals surface area contributed by atoms with E-state index in [0.29, 0.717) is 0 Å². The molecule has 0 saturated carbocycles. The third kappa shape index (κ3) is 8.17. The zero-order valence-electron chi connectivity index (χ0n) is 18.5. The largest absolute Gasteiger partial charge is 0.505 e. The Morgan fingerprint density at radius 3 is 1.66 bits per heavy atom. The van der Waals surface area contributed by atoms with Crippen molar-refractivity contribution in [1.82, 2.24) is 0 Å². The summed E-state index contributed by atoms with van der Waals surface area (Å²) in [5.74, 6) is -0.868. The zero-order valence-corrected chi connectivity index (χ0v) is 26.9. The van der Waals surface area contributed by atoms with Gasteiger partial charge in [-0.2, -0.15) is 30.4 Å². The molecule has 3 aromatic carbocycles. The molecule has 173 valence electrons. The number of fused-ring (bicyclic) bond motifs is 1. The van der Waals surface area contributed by atoms with E-state index in [-0.39, 0.29) is 111 Å². The van der Waals surface area contributed by atoms with E-state index in [9.17, 15) is 39.5 Å². The summed E-state index contributed by atoms with van der Waals surface area (Å²) in [7, 11) is -14.2. The number of nitrogen functional groups attached to an aromatic ring is 1. The quantitative estimate of drug-likeness (QED) is 0.126. The number of aromatic hydroxyl groups is 1. The van der Waals surface area contributed by atoms with Gasteiger partial charge in [-0.25, -0.2) is 0 Å². The van der Waals surface area contributed by atoms with Crippen LogP contribution < -0.4 is 5.73 Å². The van der Waals surface area contributed by atoms with Crippen molar-refractivity contribution < 1.29 is 44.0 Å². The van der Waals surface area contributed by atoms with E-state index < -0.39 is 56.5 Å². The molecule has 0 unspecified atom stereocenters. The molecule has 6 N–H and O–H groups in total. The summed E-state index contributed by atoms with van der Waals surface area (Å²) < 4.78 is 96.3. The standard InChI is InChI=1S/C16H13N3O10S3.3Na/c17-12-7-11(31(24,25)26)5-8-6-13(32(27,28)29)15(16(20)14(8)12)19-18-9-1-3-10(4-2-9)30(21,22)23;;;/h1-7,20H,17H2,(H,21,22,23)(H,24,25,26)(H,27,28,29);;;. The van der Waals surface area contributed by atoms with Gasteiger partial charge in [0.1, 0.15) is 10.6 Å². The number of hydrogen-bond acceptors (Lipinski definition) is 10. The summed E-state index contributed by atoms with van der Waals surface area (Å²) in [5, 5.41) is 17.3. The second kappa shape index (κ2) is 12.6. The zero-order chi connectivity index (χ0) is 24.1. The van der Waals surface area contributed by atoms with Crippen LogP contribution in [0.5, 0.6) is 5.75 Å². The van der Waals surface area contributed by atoms with Crippen LogP contribution in [0.2, 0.25) is 0 Å². The van der Waals surface area contributed by atoms with Crippen molar-refractivity contribution in [2.24, 2.45) is 10.2 Å². The third-order valence-corrected chi connectivity index (χ3v) is 6.70. The van der Waals surface area contributed by atoms with Gasteiger partial charge in [-0.05, 0) is 47.9 Å². The SMILES string of the molecule is Nc1cc(S(=O)(=O)O)cc2cc(S(=O)(=O)O)c(N=Nc3ccc(S(=O)(=O)O)cc3)c(O)c12.[Na].[Na].[Na]. The number of phenolic OH excluding ortho intramolecular Hbond substituents is 1. The molecule has 0 amide bonds. The molecule has 0 aliphatic heterocycles. The van der Waals surface area contributed by atoms with E-state index in [0.717, 1.165) is 42.5 Å². The Balaban J connectivity index is 0.00000385. The van der Waals surface area contributed by atoms with Crippen LogP contribution in [-0.2, 0) is 30.4 Å². The molecule has 3 rings (SSSR count).